The normalized spacial score (nSPS) is 21.0. The van der Waals surface area contributed by atoms with Crippen molar-refractivity contribution in [3.05, 3.63) is 66.4 Å². The van der Waals surface area contributed by atoms with Crippen LogP contribution < -0.4 is 4.90 Å². The minimum Gasteiger partial charge on any atom is -0.391 e. The number of halogens is 1. The fourth-order valence-electron chi connectivity index (χ4n) is 3.34. The van der Waals surface area contributed by atoms with Gasteiger partial charge in [-0.25, -0.2) is 4.39 Å². The summed E-state index contributed by atoms with van der Waals surface area (Å²) in [5.41, 5.74) is 2.70. The highest BCUT2D eigenvalue weighted by molar-refractivity contribution is 5.91. The van der Waals surface area contributed by atoms with E-state index in [0.29, 0.717) is 13.0 Å². The van der Waals surface area contributed by atoms with Gasteiger partial charge in [0.2, 0.25) is 0 Å². The van der Waals surface area contributed by atoms with Crippen LogP contribution in [0.3, 0.4) is 0 Å². The molecule has 0 aliphatic carbocycles. The maximum atomic E-state index is 13.6. The summed E-state index contributed by atoms with van der Waals surface area (Å²) in [6.07, 6.45) is 5.38. The number of pyridine rings is 2. The van der Waals surface area contributed by atoms with E-state index in [1.54, 1.807) is 24.7 Å². The number of aromatic nitrogens is 2. The number of nitrogens with zero attached hydrogens (tertiary/aromatic N) is 3. The van der Waals surface area contributed by atoms with Gasteiger partial charge in [-0.15, -0.1) is 0 Å². The fraction of sp³-hybridized carbons (Fsp3) is 0.222. The molecule has 3 heterocycles. The summed E-state index contributed by atoms with van der Waals surface area (Å²) >= 11 is 0. The maximum absolute atomic E-state index is 13.6. The minimum atomic E-state index is -0.442. The Balaban J connectivity index is 1.82. The number of fused-ring (bicyclic) bond motifs is 1. The van der Waals surface area contributed by atoms with Crippen molar-refractivity contribution in [1.29, 1.82) is 0 Å². The first kappa shape index (κ1) is 14.1. The minimum absolute atomic E-state index is 0.0634. The Kier molecular flexibility index (Phi) is 3.42. The summed E-state index contributed by atoms with van der Waals surface area (Å²) in [5.74, 6) is -0.259. The smallest absolute Gasteiger partial charge is 0.123 e. The van der Waals surface area contributed by atoms with Crippen molar-refractivity contribution >= 4 is 16.6 Å². The van der Waals surface area contributed by atoms with Gasteiger partial charge in [-0.3, -0.25) is 9.97 Å². The molecule has 0 radical (unpaired) electrons. The van der Waals surface area contributed by atoms with Crippen LogP contribution >= 0.6 is 0 Å². The van der Waals surface area contributed by atoms with Crippen LogP contribution in [0.25, 0.3) is 10.9 Å². The molecule has 2 atom stereocenters. The van der Waals surface area contributed by atoms with Gasteiger partial charge in [0.05, 0.1) is 17.7 Å². The summed E-state index contributed by atoms with van der Waals surface area (Å²) < 4.78 is 13.6. The molecule has 0 amide bonds. The number of hydrogen-bond donors (Lipinski definition) is 1. The zero-order valence-corrected chi connectivity index (χ0v) is 12.4. The monoisotopic (exact) mass is 309 g/mol. The number of aliphatic hydroxyl groups is 1. The predicted molar refractivity (Wildman–Crippen MR) is 86.6 cm³/mol. The molecule has 1 aliphatic heterocycles. The van der Waals surface area contributed by atoms with E-state index in [0.717, 1.165) is 22.2 Å². The second kappa shape index (κ2) is 5.59. The second-order valence-corrected chi connectivity index (χ2v) is 5.84. The second-order valence-electron chi connectivity index (χ2n) is 5.84. The van der Waals surface area contributed by atoms with E-state index in [9.17, 15) is 9.50 Å². The Morgan fingerprint density at radius 2 is 2.09 bits per heavy atom. The van der Waals surface area contributed by atoms with E-state index in [1.807, 2.05) is 18.2 Å². The van der Waals surface area contributed by atoms with Gasteiger partial charge in [-0.05, 0) is 36.2 Å². The summed E-state index contributed by atoms with van der Waals surface area (Å²) in [4.78, 5) is 10.7. The lowest BCUT2D eigenvalue weighted by Gasteiger charge is -2.27. The van der Waals surface area contributed by atoms with Crippen LogP contribution in [-0.4, -0.2) is 27.7 Å². The number of benzene rings is 1. The first-order valence-electron chi connectivity index (χ1n) is 7.61. The lowest BCUT2D eigenvalue weighted by atomic mass is 10.0. The highest BCUT2D eigenvalue weighted by Crippen LogP contribution is 2.38. The largest absolute Gasteiger partial charge is 0.391 e. The third-order valence-corrected chi connectivity index (χ3v) is 4.34. The molecule has 2 unspecified atom stereocenters. The number of rotatable bonds is 2. The average Bonchev–Trinajstić information content (AvgIpc) is 2.96. The molecule has 1 N–H and O–H groups in total. The molecule has 23 heavy (non-hydrogen) atoms. The van der Waals surface area contributed by atoms with Crippen molar-refractivity contribution in [1.82, 2.24) is 9.97 Å². The molecular formula is C18H16FN3O. The zero-order valence-electron chi connectivity index (χ0n) is 12.4. The Labute approximate surface area is 133 Å². The molecule has 2 aromatic heterocycles. The molecule has 4 nitrogen and oxygen atoms in total. The van der Waals surface area contributed by atoms with Gasteiger partial charge in [-0.2, -0.15) is 0 Å². The van der Waals surface area contributed by atoms with Gasteiger partial charge in [0.1, 0.15) is 5.82 Å². The summed E-state index contributed by atoms with van der Waals surface area (Å²) in [6, 6.07) is 10.3. The highest BCUT2D eigenvalue weighted by atomic mass is 19.1. The fourth-order valence-corrected chi connectivity index (χ4v) is 3.34. The van der Waals surface area contributed by atoms with E-state index >= 15 is 0 Å². The number of anilines is 1. The molecule has 1 saturated heterocycles. The van der Waals surface area contributed by atoms with E-state index in [1.165, 1.54) is 12.1 Å². The van der Waals surface area contributed by atoms with E-state index < -0.39 is 6.10 Å². The summed E-state index contributed by atoms with van der Waals surface area (Å²) in [6.45, 7) is 0.509. The molecule has 5 heteroatoms. The van der Waals surface area contributed by atoms with Crippen molar-refractivity contribution in [2.24, 2.45) is 0 Å². The van der Waals surface area contributed by atoms with E-state index in [2.05, 4.69) is 14.9 Å². The lowest BCUT2D eigenvalue weighted by molar-refractivity contribution is 0.194. The van der Waals surface area contributed by atoms with Crippen LogP contribution in [0.4, 0.5) is 10.1 Å². The van der Waals surface area contributed by atoms with Crippen molar-refractivity contribution in [2.45, 2.75) is 18.6 Å². The molecule has 0 bridgehead atoms. The van der Waals surface area contributed by atoms with Gasteiger partial charge in [-0.1, -0.05) is 12.1 Å². The first-order valence-corrected chi connectivity index (χ1v) is 7.61. The molecule has 1 aliphatic rings. The summed E-state index contributed by atoms with van der Waals surface area (Å²) in [7, 11) is 0. The predicted octanol–water partition coefficient (Wildman–Crippen LogP) is 3.08. The van der Waals surface area contributed by atoms with E-state index in [4.69, 9.17) is 0 Å². The number of β-amino-alcohol motifs (C(OH)–C–C–N with tert-alkyl or cyclic N) is 1. The number of aliphatic hydroxyl groups excluding tert-OH is 1. The SMILES string of the molecule is OC1CC(c2cccc(F)c2)N(c2ccnc3ccncc23)C1. The van der Waals surface area contributed by atoms with Gasteiger partial charge in [0.25, 0.3) is 0 Å². The Bertz CT molecular complexity index is 849. The van der Waals surface area contributed by atoms with E-state index in [-0.39, 0.29) is 11.9 Å². The molecule has 0 spiro atoms. The Morgan fingerprint density at radius 1 is 1.17 bits per heavy atom. The van der Waals surface area contributed by atoms with Crippen LogP contribution in [0.1, 0.15) is 18.0 Å². The molecule has 0 saturated carbocycles. The van der Waals surface area contributed by atoms with Gasteiger partial charge in [0, 0.05) is 36.2 Å². The molecule has 3 aromatic rings. The van der Waals surface area contributed by atoms with Crippen molar-refractivity contribution in [3.63, 3.8) is 0 Å². The van der Waals surface area contributed by atoms with Crippen molar-refractivity contribution < 1.29 is 9.50 Å². The van der Waals surface area contributed by atoms with Crippen molar-refractivity contribution in [2.75, 3.05) is 11.4 Å². The first-order chi connectivity index (χ1) is 11.2. The Morgan fingerprint density at radius 3 is 2.96 bits per heavy atom. The van der Waals surface area contributed by atoms with Gasteiger partial charge in [0.15, 0.2) is 0 Å². The molecule has 4 rings (SSSR count). The molecule has 1 fully saturated rings. The van der Waals surface area contributed by atoms with Gasteiger partial charge < -0.3 is 10.0 Å². The van der Waals surface area contributed by atoms with Crippen LogP contribution in [-0.2, 0) is 0 Å². The van der Waals surface area contributed by atoms with Crippen molar-refractivity contribution in [3.8, 4) is 0 Å². The third-order valence-electron chi connectivity index (χ3n) is 4.34. The van der Waals surface area contributed by atoms with Crippen LogP contribution in [0.15, 0.2) is 55.0 Å². The molecule has 1 aromatic carbocycles. The van der Waals surface area contributed by atoms with Crippen LogP contribution in [0, 0.1) is 5.82 Å². The topological polar surface area (TPSA) is 49.2 Å². The standard InChI is InChI=1S/C18H16FN3O/c19-13-3-1-2-12(8-13)18-9-14(23)11-22(18)17-5-7-21-16-4-6-20-10-15(16)17/h1-8,10,14,18,23H,9,11H2. The van der Waals surface area contributed by atoms with Gasteiger partial charge >= 0.3 is 0 Å². The third kappa shape index (κ3) is 2.53. The summed E-state index contributed by atoms with van der Waals surface area (Å²) in [5, 5.41) is 11.1. The highest BCUT2D eigenvalue weighted by Gasteiger charge is 2.33. The van der Waals surface area contributed by atoms with Crippen LogP contribution in [0.2, 0.25) is 0 Å². The zero-order chi connectivity index (χ0) is 15.8. The quantitative estimate of drug-likeness (QED) is 0.790. The van der Waals surface area contributed by atoms with Crippen LogP contribution in [0.5, 0.6) is 0 Å². The molecular weight excluding hydrogens is 293 g/mol. The number of hydrogen-bond acceptors (Lipinski definition) is 4. The maximum Gasteiger partial charge on any atom is 0.123 e. The molecule has 116 valence electrons. The Hall–Kier alpha value is -2.53. The average molecular weight is 309 g/mol. The lowest BCUT2D eigenvalue weighted by Crippen LogP contribution is -2.24.